The summed E-state index contributed by atoms with van der Waals surface area (Å²) in [6, 6.07) is 6.58. The number of hydrogen-bond donors (Lipinski definition) is 2. The molecule has 0 unspecified atom stereocenters. The lowest BCUT2D eigenvalue weighted by Crippen LogP contribution is -2.17. The molecular formula is C14H17N3S. The molecule has 1 aromatic heterocycles. The zero-order chi connectivity index (χ0) is 12.2. The van der Waals surface area contributed by atoms with E-state index in [4.69, 9.17) is 0 Å². The maximum absolute atomic E-state index is 4.28. The maximum Gasteiger partial charge on any atom is 0.0937 e. The highest BCUT2D eigenvalue weighted by atomic mass is 32.1. The molecular weight excluding hydrogens is 242 g/mol. The zero-order valence-electron chi connectivity index (χ0n) is 10.3. The molecule has 3 nitrogen and oxygen atoms in total. The van der Waals surface area contributed by atoms with Crippen LogP contribution >= 0.6 is 11.3 Å². The van der Waals surface area contributed by atoms with Crippen molar-refractivity contribution in [3.8, 4) is 0 Å². The highest BCUT2D eigenvalue weighted by Gasteiger charge is 2.12. The van der Waals surface area contributed by atoms with Crippen molar-refractivity contribution < 1.29 is 0 Å². The van der Waals surface area contributed by atoms with Crippen LogP contribution in [0.15, 0.2) is 29.8 Å². The van der Waals surface area contributed by atoms with Crippen LogP contribution in [0.1, 0.15) is 16.1 Å². The molecule has 0 fully saturated rings. The van der Waals surface area contributed by atoms with Crippen molar-refractivity contribution in [1.82, 2.24) is 10.3 Å². The number of thiazole rings is 1. The summed E-state index contributed by atoms with van der Waals surface area (Å²) in [6.45, 7) is 2.99. The predicted octanol–water partition coefficient (Wildman–Crippen LogP) is 2.44. The normalized spacial score (nSPS) is 13.3. The Labute approximate surface area is 111 Å². The SMILES string of the molecule is c1cc2c(c(CNCCc3nccs3)c1)NCC2. The van der Waals surface area contributed by atoms with Crippen molar-refractivity contribution in [2.75, 3.05) is 18.4 Å². The molecule has 0 spiro atoms. The Balaban J connectivity index is 1.53. The van der Waals surface area contributed by atoms with Crippen LogP contribution < -0.4 is 10.6 Å². The van der Waals surface area contributed by atoms with Gasteiger partial charge in [0.25, 0.3) is 0 Å². The molecule has 18 heavy (non-hydrogen) atoms. The number of para-hydroxylation sites is 1. The third-order valence-corrected chi connectivity index (χ3v) is 4.09. The van der Waals surface area contributed by atoms with Crippen LogP contribution in [0.5, 0.6) is 0 Å². The minimum atomic E-state index is 0.932. The summed E-state index contributed by atoms with van der Waals surface area (Å²) in [5, 5.41) is 10.2. The molecule has 1 aliphatic rings. The average molecular weight is 259 g/mol. The van der Waals surface area contributed by atoms with Crippen molar-refractivity contribution in [1.29, 1.82) is 0 Å². The number of fused-ring (bicyclic) bond motifs is 1. The molecule has 0 atom stereocenters. The van der Waals surface area contributed by atoms with Crippen LogP contribution in [0.25, 0.3) is 0 Å². The van der Waals surface area contributed by atoms with Gasteiger partial charge in [0, 0.05) is 43.3 Å². The van der Waals surface area contributed by atoms with E-state index in [0.29, 0.717) is 0 Å². The molecule has 0 saturated heterocycles. The van der Waals surface area contributed by atoms with Gasteiger partial charge >= 0.3 is 0 Å². The van der Waals surface area contributed by atoms with Crippen LogP contribution in [0, 0.1) is 0 Å². The van der Waals surface area contributed by atoms with Crippen molar-refractivity contribution in [3.05, 3.63) is 45.9 Å². The molecule has 1 aliphatic heterocycles. The Bertz CT molecular complexity index is 508. The Morgan fingerprint density at radius 3 is 3.28 bits per heavy atom. The monoisotopic (exact) mass is 259 g/mol. The zero-order valence-corrected chi connectivity index (χ0v) is 11.1. The van der Waals surface area contributed by atoms with Gasteiger partial charge in [-0.25, -0.2) is 4.98 Å². The second-order valence-electron chi connectivity index (χ2n) is 4.48. The first-order valence-corrected chi connectivity index (χ1v) is 7.25. The molecule has 1 aromatic carbocycles. The summed E-state index contributed by atoms with van der Waals surface area (Å²) in [4.78, 5) is 4.28. The minimum Gasteiger partial charge on any atom is -0.384 e. The summed E-state index contributed by atoms with van der Waals surface area (Å²) in [5.74, 6) is 0. The minimum absolute atomic E-state index is 0.932. The van der Waals surface area contributed by atoms with E-state index in [1.807, 2.05) is 11.6 Å². The molecule has 2 N–H and O–H groups in total. The summed E-state index contributed by atoms with van der Waals surface area (Å²) < 4.78 is 0. The summed E-state index contributed by atoms with van der Waals surface area (Å²) in [7, 11) is 0. The first kappa shape index (κ1) is 11.7. The van der Waals surface area contributed by atoms with Crippen LogP contribution in [-0.2, 0) is 19.4 Å². The van der Waals surface area contributed by atoms with E-state index in [-0.39, 0.29) is 0 Å². The van der Waals surface area contributed by atoms with Gasteiger partial charge in [-0.15, -0.1) is 11.3 Å². The second kappa shape index (κ2) is 5.50. The fraction of sp³-hybridized carbons (Fsp3) is 0.357. The molecule has 3 rings (SSSR count). The Kier molecular flexibility index (Phi) is 3.57. The molecule has 0 aliphatic carbocycles. The molecule has 0 radical (unpaired) electrons. The van der Waals surface area contributed by atoms with Gasteiger partial charge in [-0.05, 0) is 17.5 Å². The molecule has 0 bridgehead atoms. The molecule has 2 heterocycles. The number of hydrogen-bond acceptors (Lipinski definition) is 4. The van der Waals surface area contributed by atoms with Crippen molar-refractivity contribution in [2.24, 2.45) is 0 Å². The number of aromatic nitrogens is 1. The fourth-order valence-corrected chi connectivity index (χ4v) is 2.97. The Morgan fingerprint density at radius 2 is 2.39 bits per heavy atom. The lowest BCUT2D eigenvalue weighted by atomic mass is 10.1. The third kappa shape index (κ3) is 2.54. The fourth-order valence-electron chi connectivity index (χ4n) is 2.35. The number of benzene rings is 1. The molecule has 4 heteroatoms. The second-order valence-corrected chi connectivity index (χ2v) is 5.46. The van der Waals surface area contributed by atoms with E-state index >= 15 is 0 Å². The first-order chi connectivity index (χ1) is 8.93. The topological polar surface area (TPSA) is 37.0 Å². The summed E-state index contributed by atoms with van der Waals surface area (Å²) in [5.41, 5.74) is 4.18. The lowest BCUT2D eigenvalue weighted by molar-refractivity contribution is 0.686. The van der Waals surface area contributed by atoms with Gasteiger partial charge < -0.3 is 10.6 Å². The quantitative estimate of drug-likeness (QED) is 0.810. The molecule has 0 amide bonds. The largest absolute Gasteiger partial charge is 0.384 e. The smallest absolute Gasteiger partial charge is 0.0937 e. The van der Waals surface area contributed by atoms with Crippen molar-refractivity contribution >= 4 is 17.0 Å². The lowest BCUT2D eigenvalue weighted by Gasteiger charge is -2.09. The standard InChI is InChI=1S/C14H17N3S/c1-2-11-4-7-17-14(11)12(3-1)10-15-6-5-13-16-8-9-18-13/h1-3,8-9,15,17H,4-7,10H2. The van der Waals surface area contributed by atoms with Crippen molar-refractivity contribution in [2.45, 2.75) is 19.4 Å². The molecule has 0 saturated carbocycles. The van der Waals surface area contributed by atoms with E-state index in [1.165, 1.54) is 21.8 Å². The van der Waals surface area contributed by atoms with E-state index in [1.54, 1.807) is 11.3 Å². The number of anilines is 1. The van der Waals surface area contributed by atoms with Gasteiger partial charge in [-0.1, -0.05) is 18.2 Å². The summed E-state index contributed by atoms with van der Waals surface area (Å²) in [6.07, 6.45) is 4.04. The predicted molar refractivity (Wildman–Crippen MR) is 76.2 cm³/mol. The van der Waals surface area contributed by atoms with Gasteiger partial charge in [0.2, 0.25) is 0 Å². The number of nitrogens with one attached hydrogen (secondary N) is 2. The number of rotatable bonds is 5. The number of nitrogens with zero attached hydrogens (tertiary/aromatic N) is 1. The van der Waals surface area contributed by atoms with Crippen molar-refractivity contribution in [3.63, 3.8) is 0 Å². The van der Waals surface area contributed by atoms with E-state index in [9.17, 15) is 0 Å². The molecule has 2 aromatic rings. The van der Waals surface area contributed by atoms with Crippen LogP contribution in [0.2, 0.25) is 0 Å². The van der Waals surface area contributed by atoms with Gasteiger partial charge in [-0.2, -0.15) is 0 Å². The maximum atomic E-state index is 4.28. The molecule has 94 valence electrons. The van der Waals surface area contributed by atoms with Crippen LogP contribution in [0.4, 0.5) is 5.69 Å². The van der Waals surface area contributed by atoms with E-state index in [0.717, 1.165) is 32.5 Å². The van der Waals surface area contributed by atoms with Gasteiger partial charge in [-0.3, -0.25) is 0 Å². The average Bonchev–Trinajstić information content (AvgIpc) is 3.05. The van der Waals surface area contributed by atoms with E-state index < -0.39 is 0 Å². The Hall–Kier alpha value is -1.39. The first-order valence-electron chi connectivity index (χ1n) is 6.37. The van der Waals surface area contributed by atoms with Crippen LogP contribution in [0.3, 0.4) is 0 Å². The van der Waals surface area contributed by atoms with Gasteiger partial charge in [0.15, 0.2) is 0 Å². The highest BCUT2D eigenvalue weighted by Crippen LogP contribution is 2.26. The van der Waals surface area contributed by atoms with Gasteiger partial charge in [0.05, 0.1) is 5.01 Å². The van der Waals surface area contributed by atoms with Crippen LogP contribution in [-0.4, -0.2) is 18.1 Å². The highest BCUT2D eigenvalue weighted by molar-refractivity contribution is 7.09. The van der Waals surface area contributed by atoms with Gasteiger partial charge in [0.1, 0.15) is 0 Å². The Morgan fingerprint density at radius 1 is 1.39 bits per heavy atom. The summed E-state index contributed by atoms with van der Waals surface area (Å²) >= 11 is 1.73. The third-order valence-electron chi connectivity index (χ3n) is 3.25. The van der Waals surface area contributed by atoms with E-state index in [2.05, 4.69) is 33.8 Å².